The molecule has 2 aromatic carbocycles. The predicted molar refractivity (Wildman–Crippen MR) is 134 cm³/mol. The van der Waals surface area contributed by atoms with Crippen LogP contribution in [0.1, 0.15) is 35.6 Å². The van der Waals surface area contributed by atoms with Gasteiger partial charge in [0, 0.05) is 18.8 Å². The lowest BCUT2D eigenvalue weighted by molar-refractivity contribution is 0.364. The summed E-state index contributed by atoms with van der Waals surface area (Å²) in [4.78, 5) is 2.21. The molecule has 14 heteroatoms. The van der Waals surface area contributed by atoms with Crippen molar-refractivity contribution in [1.29, 1.82) is 0 Å². The third-order valence-corrected chi connectivity index (χ3v) is 8.34. The Morgan fingerprint density at radius 1 is 0.921 bits per heavy atom. The average molecular weight is 575 g/mol. The third kappa shape index (κ3) is 7.51. The first-order valence-corrected chi connectivity index (χ1v) is 14.9. The van der Waals surface area contributed by atoms with Crippen LogP contribution in [0.2, 0.25) is 0 Å². The highest BCUT2D eigenvalue weighted by molar-refractivity contribution is 8.45. The second kappa shape index (κ2) is 9.66. The molecule has 0 bridgehead atoms. The van der Waals surface area contributed by atoms with Crippen molar-refractivity contribution in [2.75, 3.05) is 0 Å². The van der Waals surface area contributed by atoms with E-state index < -0.39 is 30.7 Å². The molecule has 204 valence electrons. The van der Waals surface area contributed by atoms with Crippen molar-refractivity contribution >= 4 is 32.2 Å². The van der Waals surface area contributed by atoms with Gasteiger partial charge in [-0.05, 0) is 60.7 Å². The number of benzene rings is 2. The zero-order valence-electron chi connectivity index (χ0n) is 19.8. The van der Waals surface area contributed by atoms with Crippen LogP contribution in [0.3, 0.4) is 0 Å². The lowest BCUT2D eigenvalue weighted by Gasteiger charge is -2.40. The van der Waals surface area contributed by atoms with Crippen LogP contribution >= 0.6 is 10.2 Å². The molecule has 2 aromatic heterocycles. The van der Waals surface area contributed by atoms with Crippen LogP contribution in [0, 0.1) is 0 Å². The van der Waals surface area contributed by atoms with Gasteiger partial charge in [0.05, 0.1) is 16.8 Å². The summed E-state index contributed by atoms with van der Waals surface area (Å²) >= 11 is 0. The quantitative estimate of drug-likeness (QED) is 0.140. The summed E-state index contributed by atoms with van der Waals surface area (Å²) in [6.45, 7) is 0.756. The number of oxazole rings is 1. The zero-order chi connectivity index (χ0) is 27.5. The van der Waals surface area contributed by atoms with Gasteiger partial charge in [-0.15, -0.1) is 5.10 Å². The molecule has 0 aliphatic heterocycles. The number of hydrogen-bond acceptors (Lipinski definition) is 6. The van der Waals surface area contributed by atoms with E-state index in [1.807, 2.05) is 0 Å². The van der Waals surface area contributed by atoms with Crippen LogP contribution in [-0.2, 0) is 28.6 Å². The topological polar surface area (TPSA) is 90.9 Å². The molecule has 0 radical (unpaired) electrons. The molecule has 0 unspecified atom stereocenters. The normalized spacial score (nSPS) is 14.4. The summed E-state index contributed by atoms with van der Waals surface area (Å²) in [5, 5.41) is 7.65. The number of aromatic nitrogens is 4. The highest BCUT2D eigenvalue weighted by Crippen LogP contribution is 3.02. The maximum absolute atomic E-state index is 12.8. The van der Waals surface area contributed by atoms with Gasteiger partial charge in [-0.2, -0.15) is 0 Å². The molecule has 38 heavy (non-hydrogen) atoms. The summed E-state index contributed by atoms with van der Waals surface area (Å²) in [5.41, 5.74) is 1.34. The number of halogens is 5. The molecule has 0 atom stereocenters. The average Bonchev–Trinajstić information content (AvgIpc) is 3.51. The first kappa shape index (κ1) is 27.5. The van der Waals surface area contributed by atoms with Crippen LogP contribution in [0.15, 0.2) is 81.4 Å². The Labute approximate surface area is 215 Å². The SMILES string of the molecule is O=S(=O)(Cc1coc(/C=C/c2ccc(S(F)(F)(F)(F)F)cc2)n1)c1ccc(CCCCn2ccnn2)cc1. The Hall–Kier alpha value is -3.52. The monoisotopic (exact) mass is 574 g/mol. The summed E-state index contributed by atoms with van der Waals surface area (Å²) in [6.07, 6.45) is 9.78. The van der Waals surface area contributed by atoms with E-state index in [1.54, 1.807) is 41.3 Å². The maximum Gasteiger partial charge on any atom is 0.310 e. The number of nitrogens with zero attached hydrogens (tertiary/aromatic N) is 4. The van der Waals surface area contributed by atoms with Crippen LogP contribution in [-0.4, -0.2) is 28.4 Å². The second-order valence-electron chi connectivity index (χ2n) is 8.57. The van der Waals surface area contributed by atoms with E-state index in [1.165, 1.54) is 12.2 Å². The van der Waals surface area contributed by atoms with Gasteiger partial charge >= 0.3 is 10.2 Å². The summed E-state index contributed by atoms with van der Waals surface area (Å²) < 4.78 is 96.7. The fraction of sp³-hybridized carbons (Fsp3) is 0.208. The van der Waals surface area contributed by atoms with Crippen LogP contribution in [0.25, 0.3) is 12.2 Å². The van der Waals surface area contributed by atoms with Crippen molar-refractivity contribution in [3.63, 3.8) is 0 Å². The van der Waals surface area contributed by atoms with Crippen LogP contribution < -0.4 is 0 Å². The van der Waals surface area contributed by atoms with Gasteiger partial charge in [-0.25, -0.2) is 13.4 Å². The van der Waals surface area contributed by atoms with E-state index in [2.05, 4.69) is 15.3 Å². The second-order valence-corrected chi connectivity index (χ2v) is 13.0. The fourth-order valence-electron chi connectivity index (χ4n) is 3.57. The maximum atomic E-state index is 12.8. The molecule has 0 aliphatic rings. The zero-order valence-corrected chi connectivity index (χ0v) is 21.4. The highest BCUT2D eigenvalue weighted by Gasteiger charge is 2.65. The minimum absolute atomic E-state index is 0.00762. The molecule has 0 amide bonds. The molecule has 0 saturated heterocycles. The summed E-state index contributed by atoms with van der Waals surface area (Å²) in [7, 11) is -13.4. The predicted octanol–water partition coefficient (Wildman–Crippen LogP) is 7.09. The Morgan fingerprint density at radius 3 is 2.26 bits per heavy atom. The smallest absolute Gasteiger partial charge is 0.310 e. The van der Waals surface area contributed by atoms with Crippen LogP contribution in [0.5, 0.6) is 0 Å². The van der Waals surface area contributed by atoms with Gasteiger partial charge in [0.1, 0.15) is 16.9 Å². The van der Waals surface area contributed by atoms with Gasteiger partial charge in [0.2, 0.25) is 5.89 Å². The van der Waals surface area contributed by atoms with Crippen molar-refractivity contribution in [1.82, 2.24) is 20.0 Å². The molecule has 2 heterocycles. The molecule has 4 rings (SSSR count). The number of hydrogen-bond donors (Lipinski definition) is 0. The van der Waals surface area contributed by atoms with E-state index in [9.17, 15) is 27.8 Å². The van der Waals surface area contributed by atoms with E-state index in [0.29, 0.717) is 12.1 Å². The van der Waals surface area contributed by atoms with Gasteiger partial charge in [-0.3, -0.25) is 4.68 Å². The summed E-state index contributed by atoms with van der Waals surface area (Å²) in [5.74, 6) is -0.409. The number of sulfone groups is 1. The minimum Gasteiger partial charge on any atom is -0.445 e. The van der Waals surface area contributed by atoms with Gasteiger partial charge in [0.25, 0.3) is 0 Å². The van der Waals surface area contributed by atoms with E-state index in [4.69, 9.17) is 4.42 Å². The van der Waals surface area contributed by atoms with Crippen molar-refractivity contribution in [3.8, 4) is 0 Å². The Bertz CT molecular complexity index is 1520. The molecule has 0 fully saturated rings. The first-order valence-electron chi connectivity index (χ1n) is 11.3. The number of rotatable bonds is 11. The lowest BCUT2D eigenvalue weighted by Crippen LogP contribution is -2.05. The van der Waals surface area contributed by atoms with Gasteiger partial charge < -0.3 is 4.42 Å². The summed E-state index contributed by atoms with van der Waals surface area (Å²) in [6, 6.07) is 9.00. The van der Waals surface area contributed by atoms with E-state index in [0.717, 1.165) is 49.8 Å². The molecular formula is C24H23F5N4O3S2. The highest BCUT2D eigenvalue weighted by atomic mass is 32.5. The van der Waals surface area contributed by atoms with Crippen molar-refractivity contribution < 1.29 is 32.3 Å². The van der Waals surface area contributed by atoms with E-state index >= 15 is 0 Å². The first-order chi connectivity index (χ1) is 17.7. The molecule has 0 aliphatic carbocycles. The lowest BCUT2D eigenvalue weighted by atomic mass is 10.1. The van der Waals surface area contributed by atoms with Crippen LogP contribution in [0.4, 0.5) is 19.4 Å². The Kier molecular flexibility index (Phi) is 6.99. The molecule has 0 N–H and O–H groups in total. The third-order valence-electron chi connectivity index (χ3n) is 5.51. The van der Waals surface area contributed by atoms with Crippen molar-refractivity contribution in [3.05, 3.63) is 89.9 Å². The fourth-order valence-corrected chi connectivity index (χ4v) is 5.46. The van der Waals surface area contributed by atoms with Crippen molar-refractivity contribution in [2.24, 2.45) is 0 Å². The molecule has 7 nitrogen and oxygen atoms in total. The Morgan fingerprint density at radius 2 is 1.63 bits per heavy atom. The molecule has 0 saturated carbocycles. The number of aryl methyl sites for hydroxylation is 2. The largest absolute Gasteiger partial charge is 0.445 e. The molecule has 0 spiro atoms. The number of unbranched alkanes of at least 4 members (excludes halogenated alkanes) is 1. The minimum atomic E-state index is -9.74. The Balaban J connectivity index is 1.32. The molecule has 4 aromatic rings. The van der Waals surface area contributed by atoms with Crippen molar-refractivity contribution in [2.45, 2.75) is 41.4 Å². The van der Waals surface area contributed by atoms with Gasteiger partial charge in [-0.1, -0.05) is 48.9 Å². The molecular weight excluding hydrogens is 551 g/mol. The van der Waals surface area contributed by atoms with Gasteiger partial charge in [0.15, 0.2) is 9.84 Å². The standard InChI is InChI=1S/C24H23F5N4O3S2/c25-38(26,27,28,29)23-11-6-20(7-12-23)8-13-24-31-21(17-36-24)18-37(34,35)22-9-4-19(5-10-22)3-1-2-15-33-16-14-30-32-33/h4-14,16-17H,1-3,15,18H2/b13-8+. The van der Waals surface area contributed by atoms with E-state index in [-0.39, 0.29) is 22.0 Å².